The van der Waals surface area contributed by atoms with E-state index in [1.165, 1.54) is 0 Å². The van der Waals surface area contributed by atoms with Crippen LogP contribution < -0.4 is 16.4 Å². The number of carbonyl (C=O) groups is 3. The van der Waals surface area contributed by atoms with E-state index in [9.17, 15) is 14.4 Å². The Morgan fingerprint density at radius 2 is 1.88 bits per heavy atom. The molecule has 4 atom stereocenters. The molecule has 2 saturated heterocycles. The van der Waals surface area contributed by atoms with Crippen molar-refractivity contribution in [2.75, 3.05) is 18.3 Å². The summed E-state index contributed by atoms with van der Waals surface area (Å²) in [5.74, 6) is -0.582. The first-order valence-corrected chi connectivity index (χ1v) is 9.86. The van der Waals surface area contributed by atoms with Gasteiger partial charge < -0.3 is 16.4 Å². The van der Waals surface area contributed by atoms with Gasteiger partial charge in [-0.25, -0.2) is 0 Å². The SMILES string of the molecule is CC(CCl)(CCl)C(=O)C1CCC(C2CC[C@H](N)CC(=O)N2)C(=O)NC1. The summed E-state index contributed by atoms with van der Waals surface area (Å²) in [4.78, 5) is 37.2. The predicted molar refractivity (Wildman–Crippen MR) is 97.5 cm³/mol. The number of nitrogens with one attached hydrogen (secondary N) is 2. The van der Waals surface area contributed by atoms with Crippen LogP contribution in [0.15, 0.2) is 0 Å². The quantitative estimate of drug-likeness (QED) is 0.612. The molecular weight excluding hydrogens is 365 g/mol. The summed E-state index contributed by atoms with van der Waals surface area (Å²) in [6.07, 6.45) is 2.78. The van der Waals surface area contributed by atoms with Crippen LogP contribution in [0.1, 0.15) is 39.0 Å². The second-order valence-electron chi connectivity index (χ2n) is 7.53. The lowest BCUT2D eigenvalue weighted by Crippen LogP contribution is -2.45. The van der Waals surface area contributed by atoms with Crippen LogP contribution in [-0.2, 0) is 14.4 Å². The van der Waals surface area contributed by atoms with Crippen molar-refractivity contribution in [3.8, 4) is 0 Å². The van der Waals surface area contributed by atoms with E-state index in [0.29, 0.717) is 25.7 Å². The Bertz CT molecular complexity index is 525. The maximum absolute atomic E-state index is 12.8. The number of Topliss-reactive ketones (excluding diaryl/α,β-unsaturated/α-hetero) is 1. The third kappa shape index (κ3) is 4.86. The van der Waals surface area contributed by atoms with E-state index < -0.39 is 5.41 Å². The fraction of sp³-hybridized carbons (Fsp3) is 0.824. The van der Waals surface area contributed by atoms with Gasteiger partial charge in [0.1, 0.15) is 5.78 Å². The number of alkyl halides is 2. The molecule has 0 aliphatic carbocycles. The van der Waals surface area contributed by atoms with Gasteiger partial charge in [-0.3, -0.25) is 14.4 Å². The van der Waals surface area contributed by atoms with E-state index in [2.05, 4.69) is 10.6 Å². The zero-order valence-electron chi connectivity index (χ0n) is 14.5. The van der Waals surface area contributed by atoms with E-state index in [4.69, 9.17) is 28.9 Å². The van der Waals surface area contributed by atoms with Crippen molar-refractivity contribution in [2.45, 2.75) is 51.1 Å². The van der Waals surface area contributed by atoms with Crippen molar-refractivity contribution < 1.29 is 14.4 Å². The van der Waals surface area contributed by atoms with Crippen molar-refractivity contribution in [2.24, 2.45) is 23.0 Å². The van der Waals surface area contributed by atoms with E-state index in [1.807, 2.05) is 0 Å². The molecule has 0 bridgehead atoms. The molecule has 2 aliphatic heterocycles. The maximum atomic E-state index is 12.8. The molecule has 8 heteroatoms. The molecule has 142 valence electrons. The van der Waals surface area contributed by atoms with Gasteiger partial charge >= 0.3 is 0 Å². The minimum absolute atomic E-state index is 0.00891. The highest BCUT2D eigenvalue weighted by atomic mass is 35.5. The summed E-state index contributed by atoms with van der Waals surface area (Å²) < 4.78 is 0. The van der Waals surface area contributed by atoms with Crippen molar-refractivity contribution in [3.05, 3.63) is 0 Å². The van der Waals surface area contributed by atoms with Crippen LogP contribution in [0, 0.1) is 17.3 Å². The number of halogens is 2. The van der Waals surface area contributed by atoms with Crippen LogP contribution >= 0.6 is 23.2 Å². The Labute approximate surface area is 158 Å². The monoisotopic (exact) mass is 391 g/mol. The average Bonchev–Trinajstić information content (AvgIpc) is 2.88. The zero-order chi connectivity index (χ0) is 18.6. The number of nitrogens with two attached hydrogens (primary N) is 1. The number of rotatable bonds is 5. The van der Waals surface area contributed by atoms with Crippen LogP contribution in [0.5, 0.6) is 0 Å². The Hall–Kier alpha value is -0.850. The summed E-state index contributed by atoms with van der Waals surface area (Å²) in [5, 5.41) is 5.79. The van der Waals surface area contributed by atoms with Crippen LogP contribution in [0.3, 0.4) is 0 Å². The highest BCUT2D eigenvalue weighted by molar-refractivity contribution is 6.24. The molecular formula is C17H27Cl2N3O3. The van der Waals surface area contributed by atoms with E-state index >= 15 is 0 Å². The average molecular weight is 392 g/mol. The Morgan fingerprint density at radius 3 is 2.52 bits per heavy atom. The van der Waals surface area contributed by atoms with Gasteiger partial charge in [0.2, 0.25) is 11.8 Å². The van der Waals surface area contributed by atoms with Gasteiger partial charge in [-0.15, -0.1) is 23.2 Å². The fourth-order valence-electron chi connectivity index (χ4n) is 3.61. The molecule has 0 spiro atoms. The molecule has 2 heterocycles. The number of amides is 2. The van der Waals surface area contributed by atoms with E-state index in [1.54, 1.807) is 6.92 Å². The van der Waals surface area contributed by atoms with Gasteiger partial charge in [0.05, 0.1) is 11.3 Å². The molecule has 0 aromatic rings. The summed E-state index contributed by atoms with van der Waals surface area (Å²) in [6.45, 7) is 2.05. The largest absolute Gasteiger partial charge is 0.355 e. The van der Waals surface area contributed by atoms with Crippen LogP contribution in [-0.4, -0.2) is 48.0 Å². The number of hydrogen-bond donors (Lipinski definition) is 3. The topological polar surface area (TPSA) is 101 Å². The molecule has 6 nitrogen and oxygen atoms in total. The van der Waals surface area contributed by atoms with Gasteiger partial charge in [-0.05, 0) is 25.7 Å². The normalized spacial score (nSPS) is 31.5. The van der Waals surface area contributed by atoms with E-state index in [0.717, 1.165) is 0 Å². The maximum Gasteiger partial charge on any atom is 0.225 e. The lowest BCUT2D eigenvalue weighted by Gasteiger charge is -2.27. The second-order valence-corrected chi connectivity index (χ2v) is 8.07. The predicted octanol–water partition coefficient (Wildman–Crippen LogP) is 1.18. The molecule has 0 saturated carbocycles. The highest BCUT2D eigenvalue weighted by Gasteiger charge is 2.40. The van der Waals surface area contributed by atoms with Gasteiger partial charge in [0.15, 0.2) is 0 Å². The summed E-state index contributed by atoms with van der Waals surface area (Å²) >= 11 is 11.9. The highest BCUT2D eigenvalue weighted by Crippen LogP contribution is 2.31. The van der Waals surface area contributed by atoms with Crippen molar-refractivity contribution in [1.29, 1.82) is 0 Å². The van der Waals surface area contributed by atoms with Gasteiger partial charge in [0.25, 0.3) is 0 Å². The number of hydrogen-bond acceptors (Lipinski definition) is 4. The third-order valence-corrected chi connectivity index (χ3v) is 6.55. The van der Waals surface area contributed by atoms with Crippen LogP contribution in [0.4, 0.5) is 0 Å². The standard InChI is InChI=1S/C17H27Cl2N3O3/c1-17(8-18,9-19)15(24)10-2-4-12(16(25)21-7-10)13-5-3-11(20)6-14(23)22-13/h10-13H,2-9,20H2,1H3,(H,21,25)(H,22,23)/t10?,11-,12?,13?/m0/s1. The molecule has 0 radical (unpaired) electrons. The first-order chi connectivity index (χ1) is 11.8. The molecule has 3 unspecified atom stereocenters. The first-order valence-electron chi connectivity index (χ1n) is 8.79. The molecule has 2 fully saturated rings. The van der Waals surface area contributed by atoms with Gasteiger partial charge in [0, 0.05) is 42.7 Å². The van der Waals surface area contributed by atoms with Crippen LogP contribution in [0.2, 0.25) is 0 Å². The third-order valence-electron chi connectivity index (χ3n) is 5.37. The van der Waals surface area contributed by atoms with Crippen molar-refractivity contribution >= 4 is 40.8 Å². The number of ketones is 1. The molecule has 2 rings (SSSR count). The molecule has 2 aliphatic rings. The number of carbonyl (C=O) groups excluding carboxylic acids is 3. The van der Waals surface area contributed by atoms with Gasteiger partial charge in [-0.1, -0.05) is 6.92 Å². The van der Waals surface area contributed by atoms with Gasteiger partial charge in [-0.2, -0.15) is 0 Å². The second kappa shape index (κ2) is 8.69. The Kier molecular flexibility index (Phi) is 7.11. The van der Waals surface area contributed by atoms with E-state index in [-0.39, 0.29) is 66.2 Å². The molecule has 2 amide bonds. The van der Waals surface area contributed by atoms with Crippen molar-refractivity contribution in [3.63, 3.8) is 0 Å². The Balaban J connectivity index is 2.06. The molecule has 0 aromatic heterocycles. The zero-order valence-corrected chi connectivity index (χ0v) is 16.0. The molecule has 0 aromatic carbocycles. The first kappa shape index (κ1) is 20.5. The summed E-state index contributed by atoms with van der Waals surface area (Å²) in [7, 11) is 0. The molecule has 25 heavy (non-hydrogen) atoms. The summed E-state index contributed by atoms with van der Waals surface area (Å²) in [6, 6.07) is -0.399. The minimum atomic E-state index is -0.790. The smallest absolute Gasteiger partial charge is 0.225 e. The lowest BCUT2D eigenvalue weighted by molar-refractivity contribution is -0.130. The van der Waals surface area contributed by atoms with Crippen LogP contribution in [0.25, 0.3) is 0 Å². The summed E-state index contributed by atoms with van der Waals surface area (Å²) in [5.41, 5.74) is 5.10. The van der Waals surface area contributed by atoms with Crippen molar-refractivity contribution in [1.82, 2.24) is 10.6 Å². The Morgan fingerprint density at radius 1 is 1.20 bits per heavy atom. The minimum Gasteiger partial charge on any atom is -0.355 e. The molecule has 4 N–H and O–H groups in total. The lowest BCUT2D eigenvalue weighted by atomic mass is 9.79. The fourth-order valence-corrected chi connectivity index (χ4v) is 4.16.